The summed E-state index contributed by atoms with van der Waals surface area (Å²) in [5.74, 6) is -0.598. The molecule has 0 saturated heterocycles. The quantitative estimate of drug-likeness (QED) is 0.847. The highest BCUT2D eigenvalue weighted by Crippen LogP contribution is 2.24. The molecule has 0 fully saturated rings. The fourth-order valence-electron chi connectivity index (χ4n) is 1.83. The predicted octanol–water partition coefficient (Wildman–Crippen LogP) is 2.53. The van der Waals surface area contributed by atoms with Crippen LogP contribution in [0, 0.1) is 12.7 Å². The van der Waals surface area contributed by atoms with Crippen LogP contribution in [0.5, 0.6) is 0 Å². The molecule has 0 aliphatic heterocycles. The molecule has 0 amide bonds. The highest BCUT2D eigenvalue weighted by atomic mass is 32.2. The molecule has 0 aliphatic rings. The molecule has 0 unspecified atom stereocenters. The molecule has 0 heterocycles. The van der Waals surface area contributed by atoms with Crippen molar-refractivity contribution in [3.8, 4) is 0 Å². The summed E-state index contributed by atoms with van der Waals surface area (Å²) in [6.45, 7) is 7.40. The normalized spacial score (nSPS) is 12.4. The zero-order valence-electron chi connectivity index (χ0n) is 11.8. The van der Waals surface area contributed by atoms with Gasteiger partial charge in [0.05, 0.1) is 4.90 Å². The molecule has 4 nitrogen and oxygen atoms in total. The molecular formula is C13H21FN2O2S. The van der Waals surface area contributed by atoms with Crippen molar-refractivity contribution >= 4 is 15.7 Å². The molecule has 0 bridgehead atoms. The van der Waals surface area contributed by atoms with Crippen LogP contribution in [-0.4, -0.2) is 25.3 Å². The molecule has 108 valence electrons. The lowest BCUT2D eigenvalue weighted by Crippen LogP contribution is -2.37. The van der Waals surface area contributed by atoms with Crippen LogP contribution >= 0.6 is 0 Å². The van der Waals surface area contributed by atoms with Gasteiger partial charge in [-0.25, -0.2) is 12.8 Å². The van der Waals surface area contributed by atoms with E-state index in [0.29, 0.717) is 13.0 Å². The maximum Gasteiger partial charge on any atom is 0.243 e. The van der Waals surface area contributed by atoms with Crippen molar-refractivity contribution in [2.75, 3.05) is 12.3 Å². The van der Waals surface area contributed by atoms with Crippen molar-refractivity contribution in [2.24, 2.45) is 0 Å². The minimum absolute atomic E-state index is 0.0877. The van der Waals surface area contributed by atoms with E-state index in [2.05, 4.69) is 0 Å². The molecule has 0 atom stereocenters. The Morgan fingerprint density at radius 1 is 1.37 bits per heavy atom. The standard InChI is InChI=1S/C13H21FN2O2S/c1-5-6-16(9(2)3)19(17,18)11-7-12(14)10(4)13(15)8-11/h7-9H,5-6,15H2,1-4H3. The average molecular weight is 288 g/mol. The number of benzene rings is 1. The lowest BCUT2D eigenvalue weighted by atomic mass is 10.2. The molecule has 6 heteroatoms. The second-order valence-corrected chi connectivity index (χ2v) is 6.72. The lowest BCUT2D eigenvalue weighted by molar-refractivity contribution is 0.354. The maximum absolute atomic E-state index is 13.7. The summed E-state index contributed by atoms with van der Waals surface area (Å²) in [6, 6.07) is 2.17. The molecule has 1 rings (SSSR count). The van der Waals surface area contributed by atoms with E-state index in [1.54, 1.807) is 13.8 Å². The van der Waals surface area contributed by atoms with Crippen LogP contribution in [0.3, 0.4) is 0 Å². The van der Waals surface area contributed by atoms with Crippen LogP contribution in [-0.2, 0) is 10.0 Å². The molecule has 0 aliphatic carbocycles. The van der Waals surface area contributed by atoms with Crippen molar-refractivity contribution in [3.05, 3.63) is 23.5 Å². The highest BCUT2D eigenvalue weighted by molar-refractivity contribution is 7.89. The molecule has 19 heavy (non-hydrogen) atoms. The molecule has 0 spiro atoms. The molecule has 2 N–H and O–H groups in total. The Labute approximate surface area is 114 Å². The van der Waals surface area contributed by atoms with Gasteiger partial charge in [-0.05, 0) is 39.3 Å². The Morgan fingerprint density at radius 2 is 1.95 bits per heavy atom. The first-order valence-corrected chi connectivity index (χ1v) is 7.73. The number of halogens is 1. The minimum atomic E-state index is -3.71. The Kier molecular flexibility index (Phi) is 4.92. The van der Waals surface area contributed by atoms with Crippen molar-refractivity contribution in [1.29, 1.82) is 0 Å². The summed E-state index contributed by atoms with van der Waals surface area (Å²) in [7, 11) is -3.71. The Hall–Kier alpha value is -1.14. The van der Waals surface area contributed by atoms with Gasteiger partial charge < -0.3 is 5.73 Å². The molecule has 1 aromatic rings. The third-order valence-corrected chi connectivity index (χ3v) is 5.04. The topological polar surface area (TPSA) is 63.4 Å². The van der Waals surface area contributed by atoms with E-state index in [1.165, 1.54) is 17.3 Å². The number of anilines is 1. The third-order valence-electron chi connectivity index (χ3n) is 2.98. The number of hydrogen-bond acceptors (Lipinski definition) is 3. The van der Waals surface area contributed by atoms with Crippen LogP contribution in [0.2, 0.25) is 0 Å². The fourth-order valence-corrected chi connectivity index (χ4v) is 3.61. The maximum atomic E-state index is 13.7. The summed E-state index contributed by atoms with van der Waals surface area (Å²) in [6.07, 6.45) is 0.696. The zero-order chi connectivity index (χ0) is 14.8. The van der Waals surface area contributed by atoms with Gasteiger partial charge in [-0.3, -0.25) is 0 Å². The number of sulfonamides is 1. The van der Waals surface area contributed by atoms with Crippen LogP contribution in [0.1, 0.15) is 32.8 Å². The van der Waals surface area contributed by atoms with Gasteiger partial charge in [0.1, 0.15) is 5.82 Å². The van der Waals surface area contributed by atoms with Gasteiger partial charge in [-0.15, -0.1) is 0 Å². The van der Waals surface area contributed by atoms with E-state index in [0.717, 1.165) is 6.07 Å². The van der Waals surface area contributed by atoms with E-state index in [1.807, 2.05) is 6.92 Å². The predicted molar refractivity (Wildman–Crippen MR) is 74.9 cm³/mol. The zero-order valence-corrected chi connectivity index (χ0v) is 12.6. The van der Waals surface area contributed by atoms with Crippen LogP contribution in [0.15, 0.2) is 17.0 Å². The molecule has 0 saturated carbocycles. The van der Waals surface area contributed by atoms with Gasteiger partial charge in [0, 0.05) is 23.8 Å². The van der Waals surface area contributed by atoms with E-state index in [4.69, 9.17) is 5.73 Å². The molecule has 1 aromatic carbocycles. The average Bonchev–Trinajstić information content (AvgIpc) is 2.31. The summed E-state index contributed by atoms with van der Waals surface area (Å²) in [4.78, 5) is -0.0877. The first-order valence-electron chi connectivity index (χ1n) is 6.29. The van der Waals surface area contributed by atoms with Crippen molar-refractivity contribution in [3.63, 3.8) is 0 Å². The first-order chi connectivity index (χ1) is 8.71. The van der Waals surface area contributed by atoms with E-state index in [9.17, 15) is 12.8 Å². The molecule has 0 radical (unpaired) electrons. The van der Waals surface area contributed by atoms with Gasteiger partial charge in [0.25, 0.3) is 0 Å². The van der Waals surface area contributed by atoms with Gasteiger partial charge in [0.15, 0.2) is 0 Å². The largest absolute Gasteiger partial charge is 0.398 e. The van der Waals surface area contributed by atoms with Crippen LogP contribution < -0.4 is 5.73 Å². The molecular weight excluding hydrogens is 267 g/mol. The van der Waals surface area contributed by atoms with Gasteiger partial charge >= 0.3 is 0 Å². The highest BCUT2D eigenvalue weighted by Gasteiger charge is 2.27. The summed E-state index contributed by atoms with van der Waals surface area (Å²) >= 11 is 0. The van der Waals surface area contributed by atoms with Crippen LogP contribution in [0.25, 0.3) is 0 Å². The van der Waals surface area contributed by atoms with E-state index >= 15 is 0 Å². The number of rotatable bonds is 5. The van der Waals surface area contributed by atoms with Crippen LogP contribution in [0.4, 0.5) is 10.1 Å². The third kappa shape index (κ3) is 3.25. The Bertz CT molecular complexity index is 533. The van der Waals surface area contributed by atoms with Gasteiger partial charge in [0.2, 0.25) is 10.0 Å². The smallest absolute Gasteiger partial charge is 0.243 e. The lowest BCUT2D eigenvalue weighted by Gasteiger charge is -2.25. The minimum Gasteiger partial charge on any atom is -0.398 e. The Balaban J connectivity index is 3.33. The summed E-state index contributed by atoms with van der Waals surface area (Å²) < 4.78 is 40.0. The fraction of sp³-hybridized carbons (Fsp3) is 0.538. The summed E-state index contributed by atoms with van der Waals surface area (Å²) in [5.41, 5.74) is 6.07. The van der Waals surface area contributed by atoms with Crippen molar-refractivity contribution in [2.45, 2.75) is 45.1 Å². The second-order valence-electron chi connectivity index (χ2n) is 4.83. The molecule has 0 aromatic heterocycles. The number of nitrogen functional groups attached to an aromatic ring is 1. The number of nitrogens with two attached hydrogens (primary N) is 1. The SMILES string of the molecule is CCCN(C(C)C)S(=O)(=O)c1cc(N)c(C)c(F)c1. The monoisotopic (exact) mass is 288 g/mol. The van der Waals surface area contributed by atoms with E-state index in [-0.39, 0.29) is 22.2 Å². The van der Waals surface area contributed by atoms with Gasteiger partial charge in [-0.1, -0.05) is 6.92 Å². The second kappa shape index (κ2) is 5.88. The van der Waals surface area contributed by atoms with E-state index < -0.39 is 15.8 Å². The number of hydrogen-bond donors (Lipinski definition) is 1. The first kappa shape index (κ1) is 15.9. The Morgan fingerprint density at radius 3 is 2.37 bits per heavy atom. The summed E-state index contributed by atoms with van der Waals surface area (Å²) in [5, 5.41) is 0. The number of nitrogens with zero attached hydrogens (tertiary/aromatic N) is 1. The van der Waals surface area contributed by atoms with Gasteiger partial charge in [-0.2, -0.15) is 4.31 Å². The van der Waals surface area contributed by atoms with Crippen molar-refractivity contribution < 1.29 is 12.8 Å². The van der Waals surface area contributed by atoms with Crippen molar-refractivity contribution in [1.82, 2.24) is 4.31 Å².